The molecular formula is C3H8N3O12-3. The van der Waals surface area contributed by atoms with Crippen LogP contribution < -0.4 is 0 Å². The lowest BCUT2D eigenvalue weighted by atomic mass is 10.4. The first-order valence-electron chi connectivity index (χ1n) is 3.35. The first kappa shape index (κ1) is 24.6. The quantitative estimate of drug-likeness (QED) is 0.352. The standard InChI is InChI=1S/C3H8O3.3NO3/c4-1-3(6)2-5;3*2-1(3)4/h3-6H,1-2H2;;;/q;3*-1. The topological polar surface area (TPSA) is 259 Å². The zero-order valence-corrected chi connectivity index (χ0v) is 8.35. The van der Waals surface area contributed by atoms with Crippen molar-refractivity contribution in [3.05, 3.63) is 46.0 Å². The van der Waals surface area contributed by atoms with Gasteiger partial charge in [0.15, 0.2) is 0 Å². The van der Waals surface area contributed by atoms with E-state index in [4.69, 9.17) is 61.3 Å². The van der Waals surface area contributed by atoms with Crippen molar-refractivity contribution in [2.24, 2.45) is 0 Å². The van der Waals surface area contributed by atoms with Crippen LogP contribution in [0.4, 0.5) is 0 Å². The van der Waals surface area contributed by atoms with E-state index in [-0.39, 0.29) is 13.2 Å². The normalized spacial score (nSPS) is 7.33. The van der Waals surface area contributed by atoms with Crippen LogP contribution >= 0.6 is 0 Å². The van der Waals surface area contributed by atoms with Gasteiger partial charge in [0.05, 0.1) is 28.5 Å². The van der Waals surface area contributed by atoms with Gasteiger partial charge in [-0.2, -0.15) is 0 Å². The number of nitrogens with zero attached hydrogens (tertiary/aromatic N) is 3. The van der Waals surface area contributed by atoms with Gasteiger partial charge in [-0.25, -0.2) is 0 Å². The van der Waals surface area contributed by atoms with Crippen LogP contribution in [-0.2, 0) is 0 Å². The molecule has 3 N–H and O–H groups in total. The number of aliphatic hydroxyl groups is 3. The maximum absolute atomic E-state index is 8.25. The van der Waals surface area contributed by atoms with Crippen molar-refractivity contribution < 1.29 is 30.6 Å². The lowest BCUT2D eigenvalue weighted by molar-refractivity contribution is -0.403. The zero-order chi connectivity index (χ0) is 15.7. The van der Waals surface area contributed by atoms with Crippen LogP contribution in [0.5, 0.6) is 0 Å². The molecule has 0 unspecified atom stereocenters. The molecule has 0 saturated carbocycles. The molecule has 0 heterocycles. The van der Waals surface area contributed by atoms with E-state index in [0.29, 0.717) is 0 Å². The molecule has 0 aromatic rings. The van der Waals surface area contributed by atoms with Crippen molar-refractivity contribution >= 4 is 0 Å². The van der Waals surface area contributed by atoms with Crippen LogP contribution in [0.25, 0.3) is 0 Å². The summed E-state index contributed by atoms with van der Waals surface area (Å²) in [6.45, 7) is -0.729. The van der Waals surface area contributed by atoms with Crippen molar-refractivity contribution in [3.63, 3.8) is 0 Å². The maximum Gasteiger partial charge on any atom is 0.100 e. The van der Waals surface area contributed by atoms with Crippen LogP contribution in [-0.4, -0.2) is 49.9 Å². The summed E-state index contributed by atoms with van der Waals surface area (Å²) in [5, 5.41) is 68.3. The van der Waals surface area contributed by atoms with Gasteiger partial charge in [0.25, 0.3) is 0 Å². The molecule has 110 valence electrons. The van der Waals surface area contributed by atoms with Gasteiger partial charge in [-0.1, -0.05) is 0 Å². The highest BCUT2D eigenvalue weighted by atomic mass is 16.9. The zero-order valence-electron chi connectivity index (χ0n) is 8.35. The molecule has 0 atom stereocenters. The summed E-state index contributed by atoms with van der Waals surface area (Å²) in [6.07, 6.45) is -0.954. The molecule has 0 saturated heterocycles. The SMILES string of the molecule is O=[N+]([O-])[O-].O=[N+]([O-])[O-].O=[N+]([O-])[O-].OCC(O)CO. The molecule has 0 rings (SSSR count). The fraction of sp³-hybridized carbons (Fsp3) is 1.00. The fourth-order valence-corrected chi connectivity index (χ4v) is 0.0577. The van der Waals surface area contributed by atoms with Crippen LogP contribution in [0.3, 0.4) is 0 Å². The van der Waals surface area contributed by atoms with Gasteiger partial charge in [-0.05, 0) is 0 Å². The summed E-state index contributed by atoms with van der Waals surface area (Å²) in [7, 11) is 0. The molecule has 0 bridgehead atoms. The molecule has 0 aliphatic heterocycles. The lowest BCUT2D eigenvalue weighted by Gasteiger charge is -1.96. The summed E-state index contributed by atoms with van der Waals surface area (Å²) in [5.41, 5.74) is 0. The molecule has 0 aromatic carbocycles. The van der Waals surface area contributed by atoms with E-state index < -0.39 is 21.4 Å². The molecule has 15 nitrogen and oxygen atoms in total. The Bertz CT molecular complexity index is 174. The first-order chi connectivity index (χ1) is 8.00. The van der Waals surface area contributed by atoms with Gasteiger partial charge in [0.1, 0.15) is 6.10 Å². The third-order valence-electron chi connectivity index (χ3n) is 0.421. The van der Waals surface area contributed by atoms with Gasteiger partial charge in [-0.3, -0.25) is 0 Å². The molecule has 0 aliphatic carbocycles. The van der Waals surface area contributed by atoms with Crippen molar-refractivity contribution in [1.29, 1.82) is 0 Å². The van der Waals surface area contributed by atoms with Gasteiger partial charge in [0.2, 0.25) is 0 Å². The molecule has 0 aromatic heterocycles. The largest absolute Gasteiger partial charge is 0.394 e. The number of hydrogen-bond donors (Lipinski definition) is 3. The smallest absolute Gasteiger partial charge is 0.100 e. The number of aliphatic hydroxyl groups excluding tert-OH is 3. The van der Waals surface area contributed by atoms with Crippen molar-refractivity contribution in [2.75, 3.05) is 13.2 Å². The van der Waals surface area contributed by atoms with Crippen LogP contribution in [0.2, 0.25) is 0 Å². The summed E-state index contributed by atoms with van der Waals surface area (Å²) in [5.74, 6) is 0. The average Bonchev–Trinajstić information content (AvgIpc) is 2.13. The second kappa shape index (κ2) is 20.0. The minimum atomic E-state index is -1.75. The van der Waals surface area contributed by atoms with E-state index in [9.17, 15) is 0 Å². The van der Waals surface area contributed by atoms with E-state index in [0.717, 1.165) is 0 Å². The monoisotopic (exact) mass is 278 g/mol. The Labute approximate surface area is 97.1 Å². The van der Waals surface area contributed by atoms with Gasteiger partial charge >= 0.3 is 0 Å². The average molecular weight is 278 g/mol. The van der Waals surface area contributed by atoms with Gasteiger partial charge in [0, 0.05) is 0 Å². The second-order valence-corrected chi connectivity index (χ2v) is 1.69. The third kappa shape index (κ3) is 959. The highest BCUT2D eigenvalue weighted by Gasteiger charge is 1.93. The minimum Gasteiger partial charge on any atom is -0.394 e. The Hall–Kier alpha value is -2.52. The molecule has 15 heteroatoms. The van der Waals surface area contributed by atoms with Crippen LogP contribution in [0, 0.1) is 46.0 Å². The highest BCUT2D eigenvalue weighted by Crippen LogP contribution is 1.71. The van der Waals surface area contributed by atoms with Crippen molar-refractivity contribution in [2.45, 2.75) is 6.10 Å². The molecule has 0 radical (unpaired) electrons. The van der Waals surface area contributed by atoms with Crippen molar-refractivity contribution in [1.82, 2.24) is 0 Å². The Morgan fingerprint density at radius 1 is 0.722 bits per heavy atom. The Morgan fingerprint density at radius 2 is 0.833 bits per heavy atom. The third-order valence-corrected chi connectivity index (χ3v) is 0.421. The summed E-state index contributed by atoms with van der Waals surface area (Å²) in [6, 6.07) is 0. The Balaban J connectivity index is -0.0000000742. The van der Waals surface area contributed by atoms with E-state index >= 15 is 0 Å². The van der Waals surface area contributed by atoms with Crippen LogP contribution in [0.15, 0.2) is 0 Å². The van der Waals surface area contributed by atoms with E-state index in [1.807, 2.05) is 0 Å². The fourth-order valence-electron chi connectivity index (χ4n) is 0.0577. The summed E-state index contributed by atoms with van der Waals surface area (Å²) < 4.78 is 0. The minimum absolute atomic E-state index is 0.365. The Kier molecular flexibility index (Phi) is 27.3. The number of rotatable bonds is 2. The lowest BCUT2D eigenvalue weighted by Crippen LogP contribution is -2.15. The highest BCUT2D eigenvalue weighted by molar-refractivity contribution is 4.44. The van der Waals surface area contributed by atoms with Crippen LogP contribution in [0.1, 0.15) is 0 Å². The Morgan fingerprint density at radius 3 is 0.833 bits per heavy atom. The molecular weight excluding hydrogens is 270 g/mol. The van der Waals surface area contributed by atoms with E-state index in [1.165, 1.54) is 0 Å². The molecule has 0 fully saturated rings. The molecule has 18 heavy (non-hydrogen) atoms. The van der Waals surface area contributed by atoms with Gasteiger partial charge in [-0.15, -0.1) is 0 Å². The summed E-state index contributed by atoms with van der Waals surface area (Å²) in [4.78, 5) is 24.8. The molecule has 0 spiro atoms. The first-order valence-corrected chi connectivity index (χ1v) is 3.35. The maximum atomic E-state index is 8.25. The predicted molar refractivity (Wildman–Crippen MR) is 51.3 cm³/mol. The van der Waals surface area contributed by atoms with E-state index in [1.54, 1.807) is 0 Å². The van der Waals surface area contributed by atoms with Gasteiger partial charge < -0.3 is 61.3 Å². The second-order valence-electron chi connectivity index (χ2n) is 1.69. The molecule has 0 aliphatic rings. The van der Waals surface area contributed by atoms with E-state index in [2.05, 4.69) is 0 Å². The summed E-state index contributed by atoms with van der Waals surface area (Å²) >= 11 is 0. The molecule has 0 amide bonds. The van der Waals surface area contributed by atoms with Crippen molar-refractivity contribution in [3.8, 4) is 0 Å². The predicted octanol–water partition coefficient (Wildman–Crippen LogP) is -2.39. The number of hydrogen-bond acceptors (Lipinski definition) is 12.